The topological polar surface area (TPSA) is 38.3 Å². The van der Waals surface area contributed by atoms with E-state index in [1.807, 2.05) is 24.3 Å². The van der Waals surface area contributed by atoms with Gasteiger partial charge in [-0.2, -0.15) is 5.48 Å². The van der Waals surface area contributed by atoms with Crippen LogP contribution in [-0.4, -0.2) is 12.8 Å². The lowest BCUT2D eigenvalue weighted by Crippen LogP contribution is -2.10. The summed E-state index contributed by atoms with van der Waals surface area (Å²) in [6, 6.07) is 7.70. The molecule has 0 saturated heterocycles. The first-order chi connectivity index (χ1) is 6.72. The molecule has 0 spiro atoms. The van der Waals surface area contributed by atoms with Crippen molar-refractivity contribution in [3.8, 4) is 5.75 Å². The maximum Gasteiger partial charge on any atom is 0.147 e. The zero-order chi connectivity index (χ0) is 10.4. The van der Waals surface area contributed by atoms with Crippen molar-refractivity contribution in [2.75, 3.05) is 7.05 Å². The zero-order valence-corrected chi connectivity index (χ0v) is 8.54. The second kappa shape index (κ2) is 5.40. The van der Waals surface area contributed by atoms with Crippen molar-refractivity contribution in [1.29, 1.82) is 0 Å². The van der Waals surface area contributed by atoms with Crippen LogP contribution >= 0.6 is 0 Å². The van der Waals surface area contributed by atoms with Crippen molar-refractivity contribution >= 4 is 5.78 Å². The Labute approximate surface area is 84.0 Å². The number of hydrogen-bond acceptors (Lipinski definition) is 3. The van der Waals surface area contributed by atoms with Crippen LogP contribution in [0.15, 0.2) is 24.3 Å². The second-order valence-corrected chi connectivity index (χ2v) is 3.15. The third kappa shape index (κ3) is 3.58. The fourth-order valence-corrected chi connectivity index (χ4v) is 1.16. The van der Waals surface area contributed by atoms with Crippen LogP contribution in [0.2, 0.25) is 0 Å². The molecule has 3 heteroatoms. The Morgan fingerprint density at radius 2 is 2.00 bits per heavy atom. The van der Waals surface area contributed by atoms with E-state index >= 15 is 0 Å². The predicted octanol–water partition coefficient (Wildman–Crippen LogP) is 1.72. The molecule has 3 nitrogen and oxygen atoms in total. The lowest BCUT2D eigenvalue weighted by Gasteiger charge is -2.03. The van der Waals surface area contributed by atoms with Gasteiger partial charge >= 0.3 is 0 Å². The molecule has 0 amide bonds. The van der Waals surface area contributed by atoms with E-state index in [2.05, 4.69) is 5.48 Å². The van der Waals surface area contributed by atoms with Gasteiger partial charge in [0, 0.05) is 13.5 Å². The SMILES string of the molecule is CNOc1ccc(CCC(C)=O)cc1. The summed E-state index contributed by atoms with van der Waals surface area (Å²) in [7, 11) is 1.71. The summed E-state index contributed by atoms with van der Waals surface area (Å²) in [5, 5.41) is 0. The van der Waals surface area contributed by atoms with Crippen molar-refractivity contribution < 1.29 is 9.63 Å². The number of carbonyl (C=O) groups excluding carboxylic acids is 1. The molecule has 0 fully saturated rings. The number of rotatable bonds is 5. The number of hydrogen-bond donors (Lipinski definition) is 1. The molecule has 14 heavy (non-hydrogen) atoms. The van der Waals surface area contributed by atoms with E-state index in [1.165, 1.54) is 0 Å². The normalized spacial score (nSPS) is 9.86. The monoisotopic (exact) mass is 193 g/mol. The van der Waals surface area contributed by atoms with Gasteiger partial charge in [0.1, 0.15) is 11.5 Å². The first kappa shape index (κ1) is 10.7. The Morgan fingerprint density at radius 1 is 1.36 bits per heavy atom. The van der Waals surface area contributed by atoms with Crippen molar-refractivity contribution in [3.63, 3.8) is 0 Å². The Kier molecular flexibility index (Phi) is 4.13. The first-order valence-electron chi connectivity index (χ1n) is 4.64. The third-order valence-electron chi connectivity index (χ3n) is 1.91. The largest absolute Gasteiger partial charge is 0.409 e. The molecule has 0 unspecified atom stereocenters. The van der Waals surface area contributed by atoms with E-state index in [0.29, 0.717) is 6.42 Å². The van der Waals surface area contributed by atoms with E-state index in [1.54, 1.807) is 14.0 Å². The number of carbonyl (C=O) groups is 1. The zero-order valence-electron chi connectivity index (χ0n) is 8.54. The first-order valence-corrected chi connectivity index (χ1v) is 4.64. The number of Topliss-reactive ketones (excluding diaryl/α,β-unsaturated/α-hetero) is 1. The van der Waals surface area contributed by atoms with Crippen LogP contribution in [0.3, 0.4) is 0 Å². The van der Waals surface area contributed by atoms with Gasteiger partial charge in [-0.1, -0.05) is 12.1 Å². The molecule has 0 aliphatic heterocycles. The van der Waals surface area contributed by atoms with Crippen molar-refractivity contribution in [2.24, 2.45) is 0 Å². The van der Waals surface area contributed by atoms with Gasteiger partial charge in [0.25, 0.3) is 0 Å². The molecule has 0 atom stereocenters. The average Bonchev–Trinajstić information content (AvgIpc) is 2.17. The van der Waals surface area contributed by atoms with Crippen molar-refractivity contribution in [3.05, 3.63) is 29.8 Å². The minimum Gasteiger partial charge on any atom is -0.409 e. The molecule has 1 aromatic rings. The molecule has 0 bridgehead atoms. The Hall–Kier alpha value is -1.35. The predicted molar refractivity (Wildman–Crippen MR) is 55.1 cm³/mol. The lowest BCUT2D eigenvalue weighted by molar-refractivity contribution is -0.116. The van der Waals surface area contributed by atoms with Crippen LogP contribution < -0.4 is 10.3 Å². The van der Waals surface area contributed by atoms with Gasteiger partial charge < -0.3 is 9.63 Å². The molecule has 0 saturated carbocycles. The summed E-state index contributed by atoms with van der Waals surface area (Å²) in [5.74, 6) is 1.000. The lowest BCUT2D eigenvalue weighted by atomic mass is 10.1. The van der Waals surface area contributed by atoms with Crippen LogP contribution in [0.4, 0.5) is 0 Å². The molecule has 0 aromatic heterocycles. The maximum absolute atomic E-state index is 10.8. The van der Waals surface area contributed by atoms with Gasteiger partial charge in [-0.3, -0.25) is 0 Å². The van der Waals surface area contributed by atoms with Gasteiger partial charge in [0.2, 0.25) is 0 Å². The maximum atomic E-state index is 10.8. The standard InChI is InChI=1S/C11H15NO2/c1-9(13)3-4-10-5-7-11(8-6-10)14-12-2/h5-8,12H,3-4H2,1-2H3. The van der Waals surface area contributed by atoms with Crippen LogP contribution in [0.5, 0.6) is 5.75 Å². The number of benzene rings is 1. The molecule has 0 aliphatic carbocycles. The highest BCUT2D eigenvalue weighted by molar-refractivity contribution is 5.75. The van der Waals surface area contributed by atoms with Gasteiger partial charge in [0.05, 0.1) is 0 Å². The molecule has 0 radical (unpaired) electrons. The third-order valence-corrected chi connectivity index (χ3v) is 1.91. The molecular formula is C11H15NO2. The van der Waals surface area contributed by atoms with Gasteiger partial charge in [0.15, 0.2) is 0 Å². The Morgan fingerprint density at radius 3 is 2.50 bits per heavy atom. The fourth-order valence-electron chi connectivity index (χ4n) is 1.16. The summed E-state index contributed by atoms with van der Waals surface area (Å²) in [6.07, 6.45) is 1.40. The van der Waals surface area contributed by atoms with E-state index in [4.69, 9.17) is 4.84 Å². The van der Waals surface area contributed by atoms with Crippen LogP contribution in [-0.2, 0) is 11.2 Å². The number of aryl methyl sites for hydroxylation is 1. The Bertz CT molecular complexity index is 293. The van der Waals surface area contributed by atoms with Gasteiger partial charge in [-0.15, -0.1) is 0 Å². The van der Waals surface area contributed by atoms with Crippen LogP contribution in [0.1, 0.15) is 18.9 Å². The highest BCUT2D eigenvalue weighted by Crippen LogP contribution is 2.12. The summed E-state index contributed by atoms with van der Waals surface area (Å²) < 4.78 is 0. The second-order valence-electron chi connectivity index (χ2n) is 3.15. The minimum atomic E-state index is 0.223. The molecule has 0 aliphatic rings. The van der Waals surface area contributed by atoms with E-state index in [0.717, 1.165) is 17.7 Å². The van der Waals surface area contributed by atoms with Crippen molar-refractivity contribution in [2.45, 2.75) is 19.8 Å². The van der Waals surface area contributed by atoms with Crippen molar-refractivity contribution in [1.82, 2.24) is 5.48 Å². The summed E-state index contributed by atoms with van der Waals surface area (Å²) in [6.45, 7) is 1.61. The Balaban J connectivity index is 2.50. The minimum absolute atomic E-state index is 0.223. The molecule has 76 valence electrons. The smallest absolute Gasteiger partial charge is 0.147 e. The number of ketones is 1. The summed E-state index contributed by atoms with van der Waals surface area (Å²) in [5.41, 5.74) is 3.76. The van der Waals surface area contributed by atoms with Gasteiger partial charge in [-0.05, 0) is 31.0 Å². The summed E-state index contributed by atoms with van der Waals surface area (Å²) >= 11 is 0. The average molecular weight is 193 g/mol. The van der Waals surface area contributed by atoms with E-state index in [9.17, 15) is 4.79 Å². The number of nitrogens with one attached hydrogen (secondary N) is 1. The van der Waals surface area contributed by atoms with E-state index in [-0.39, 0.29) is 5.78 Å². The highest BCUT2D eigenvalue weighted by atomic mass is 16.6. The quantitative estimate of drug-likeness (QED) is 0.724. The van der Waals surface area contributed by atoms with Crippen LogP contribution in [0.25, 0.3) is 0 Å². The highest BCUT2D eigenvalue weighted by Gasteiger charge is 1.97. The van der Waals surface area contributed by atoms with E-state index < -0.39 is 0 Å². The summed E-state index contributed by atoms with van der Waals surface area (Å²) in [4.78, 5) is 15.8. The number of hydroxylamine groups is 1. The molecule has 0 heterocycles. The van der Waals surface area contributed by atoms with Crippen LogP contribution in [0, 0.1) is 0 Å². The molecule has 1 aromatic carbocycles. The molecular weight excluding hydrogens is 178 g/mol. The van der Waals surface area contributed by atoms with Gasteiger partial charge in [-0.25, -0.2) is 0 Å². The fraction of sp³-hybridized carbons (Fsp3) is 0.364. The molecule has 1 rings (SSSR count). The molecule has 1 N–H and O–H groups in total.